The van der Waals surface area contributed by atoms with Gasteiger partial charge in [0.25, 0.3) is 5.91 Å². The van der Waals surface area contributed by atoms with Gasteiger partial charge in [0.2, 0.25) is 0 Å². The van der Waals surface area contributed by atoms with Gasteiger partial charge in [0.1, 0.15) is 23.7 Å². The molecule has 1 aromatic heterocycles. The lowest BCUT2D eigenvalue weighted by Gasteiger charge is -2.22. The lowest BCUT2D eigenvalue weighted by molar-refractivity contribution is 0.0801. The van der Waals surface area contributed by atoms with E-state index in [-0.39, 0.29) is 29.3 Å². The molecule has 1 heterocycles. The second kappa shape index (κ2) is 10.5. The van der Waals surface area contributed by atoms with Gasteiger partial charge in [-0.2, -0.15) is 5.26 Å². The largest absolute Gasteiger partial charge is 0.482 e. The van der Waals surface area contributed by atoms with Gasteiger partial charge in [0.05, 0.1) is 6.54 Å². The van der Waals surface area contributed by atoms with Crippen molar-refractivity contribution in [2.45, 2.75) is 13.0 Å². The van der Waals surface area contributed by atoms with Crippen LogP contribution in [0.4, 0.5) is 10.2 Å². The Bertz CT molecular complexity index is 1080. The number of carbonyl (C=O) groups is 1. The van der Waals surface area contributed by atoms with Gasteiger partial charge in [0, 0.05) is 41.6 Å². The van der Waals surface area contributed by atoms with Crippen molar-refractivity contribution < 1.29 is 13.9 Å². The highest BCUT2D eigenvalue weighted by Crippen LogP contribution is 2.30. The van der Waals surface area contributed by atoms with Gasteiger partial charge in [0.15, 0.2) is 11.6 Å². The van der Waals surface area contributed by atoms with Gasteiger partial charge in [-0.3, -0.25) is 9.79 Å². The summed E-state index contributed by atoms with van der Waals surface area (Å²) < 4.78 is 20.5. The standard InChI is InChI=1S/C21H22BrFN6O2/c1-12(31-19-6-13(22)10-28-20(19)26)18-7-14(23)4-5-17(18)21(30)29(3)11-15(25)8-16(9-24)27-2/h4-8,10,12H,11,25H2,1-3H3,(H2,26,28). The minimum atomic E-state index is -0.702. The maximum atomic E-state index is 14.0. The summed E-state index contributed by atoms with van der Waals surface area (Å²) in [7, 11) is 3.02. The number of aromatic nitrogens is 1. The predicted molar refractivity (Wildman–Crippen MR) is 120 cm³/mol. The molecule has 0 aliphatic rings. The number of ether oxygens (including phenoxy) is 1. The van der Waals surface area contributed by atoms with E-state index in [1.807, 2.05) is 6.07 Å². The molecule has 1 atom stereocenters. The van der Waals surface area contributed by atoms with Gasteiger partial charge in [-0.15, -0.1) is 0 Å². The summed E-state index contributed by atoms with van der Waals surface area (Å²) in [6.45, 7) is 1.73. The summed E-state index contributed by atoms with van der Waals surface area (Å²) in [5.41, 5.74) is 12.8. The topological polar surface area (TPSA) is 131 Å². The number of nitrogen functional groups attached to an aromatic ring is 1. The van der Waals surface area contributed by atoms with Crippen LogP contribution in [0.2, 0.25) is 0 Å². The molecular formula is C21H22BrFN6O2. The molecule has 4 N–H and O–H groups in total. The highest BCUT2D eigenvalue weighted by atomic mass is 79.9. The number of allylic oxidation sites excluding steroid dienone is 1. The highest BCUT2D eigenvalue weighted by molar-refractivity contribution is 9.10. The van der Waals surface area contributed by atoms with Gasteiger partial charge < -0.3 is 21.1 Å². The first-order valence-electron chi connectivity index (χ1n) is 9.11. The molecule has 0 saturated carbocycles. The number of hydrogen-bond acceptors (Lipinski definition) is 7. The van der Waals surface area contributed by atoms with E-state index in [0.29, 0.717) is 15.8 Å². The van der Waals surface area contributed by atoms with Gasteiger partial charge in [-0.1, -0.05) is 0 Å². The smallest absolute Gasteiger partial charge is 0.254 e. The molecule has 0 saturated heterocycles. The predicted octanol–water partition coefficient (Wildman–Crippen LogP) is 3.21. The van der Waals surface area contributed by atoms with E-state index in [2.05, 4.69) is 25.9 Å². The Morgan fingerprint density at radius 3 is 2.84 bits per heavy atom. The number of pyridine rings is 1. The number of amides is 1. The molecule has 1 aromatic carbocycles. The minimum Gasteiger partial charge on any atom is -0.482 e. The lowest BCUT2D eigenvalue weighted by atomic mass is 10.0. The first kappa shape index (κ1) is 23.8. The van der Waals surface area contributed by atoms with Crippen LogP contribution in [0.25, 0.3) is 0 Å². The Balaban J connectivity index is 2.30. The van der Waals surface area contributed by atoms with E-state index in [1.165, 1.54) is 42.4 Å². The van der Waals surface area contributed by atoms with Crippen LogP contribution >= 0.6 is 15.9 Å². The fraction of sp³-hybridized carbons (Fsp3) is 0.238. The van der Waals surface area contributed by atoms with Crippen molar-refractivity contribution in [3.05, 3.63) is 63.7 Å². The zero-order chi connectivity index (χ0) is 23.1. The number of likely N-dealkylation sites (N-methyl/N-ethyl adjacent to an activating group) is 1. The monoisotopic (exact) mass is 488 g/mol. The summed E-state index contributed by atoms with van der Waals surface area (Å²) in [6.07, 6.45) is 2.22. The van der Waals surface area contributed by atoms with E-state index in [1.54, 1.807) is 20.0 Å². The normalized spacial score (nSPS) is 12.8. The average Bonchev–Trinajstić information content (AvgIpc) is 2.73. The van der Waals surface area contributed by atoms with Crippen LogP contribution in [0.15, 0.2) is 51.7 Å². The Morgan fingerprint density at radius 1 is 1.48 bits per heavy atom. The van der Waals surface area contributed by atoms with E-state index >= 15 is 0 Å². The molecule has 2 aromatic rings. The summed E-state index contributed by atoms with van der Waals surface area (Å²) in [5, 5.41) is 8.95. The van der Waals surface area contributed by atoms with Crippen molar-refractivity contribution in [3.8, 4) is 11.8 Å². The van der Waals surface area contributed by atoms with Crippen LogP contribution in [0.5, 0.6) is 5.75 Å². The first-order valence-corrected chi connectivity index (χ1v) is 9.91. The fourth-order valence-corrected chi connectivity index (χ4v) is 3.07. The van der Waals surface area contributed by atoms with E-state index in [4.69, 9.17) is 21.5 Å². The Kier molecular flexibility index (Phi) is 8.10. The van der Waals surface area contributed by atoms with Crippen molar-refractivity contribution in [1.82, 2.24) is 9.88 Å². The molecule has 0 fully saturated rings. The molecule has 10 heteroatoms. The molecule has 0 aliphatic heterocycles. The van der Waals surface area contributed by atoms with Crippen molar-refractivity contribution in [2.75, 3.05) is 26.4 Å². The van der Waals surface area contributed by atoms with Crippen LogP contribution in [-0.4, -0.2) is 42.1 Å². The summed E-state index contributed by atoms with van der Waals surface area (Å²) in [5.74, 6) is -0.440. The number of carbonyl (C=O) groups excluding carboxylic acids is 1. The number of nitriles is 1. The fourth-order valence-electron chi connectivity index (χ4n) is 2.76. The highest BCUT2D eigenvalue weighted by Gasteiger charge is 2.22. The molecule has 31 heavy (non-hydrogen) atoms. The molecule has 1 amide bonds. The lowest BCUT2D eigenvalue weighted by Crippen LogP contribution is -2.32. The third-order valence-corrected chi connectivity index (χ3v) is 4.71. The molecule has 1 unspecified atom stereocenters. The van der Waals surface area contributed by atoms with Crippen LogP contribution in [0, 0.1) is 17.1 Å². The number of halogens is 2. The summed E-state index contributed by atoms with van der Waals surface area (Å²) in [4.78, 5) is 22.2. The number of aliphatic imine (C=N–C) groups is 1. The molecule has 0 spiro atoms. The van der Waals surface area contributed by atoms with Crippen LogP contribution in [0.1, 0.15) is 28.9 Å². The van der Waals surface area contributed by atoms with E-state index in [9.17, 15) is 9.18 Å². The van der Waals surface area contributed by atoms with Crippen molar-refractivity contribution in [2.24, 2.45) is 10.7 Å². The third-order valence-electron chi connectivity index (χ3n) is 4.28. The quantitative estimate of drug-likeness (QED) is 0.575. The molecule has 2 rings (SSSR count). The molecule has 0 bridgehead atoms. The average molecular weight is 489 g/mol. The van der Waals surface area contributed by atoms with Gasteiger partial charge in [-0.05, 0) is 53.2 Å². The van der Waals surface area contributed by atoms with Gasteiger partial charge >= 0.3 is 0 Å². The zero-order valence-corrected chi connectivity index (χ0v) is 18.9. The molecule has 0 aliphatic carbocycles. The molecule has 162 valence electrons. The maximum absolute atomic E-state index is 14.0. The van der Waals surface area contributed by atoms with Crippen LogP contribution < -0.4 is 16.2 Å². The SMILES string of the molecule is CN=C(C#N)C=C(N)CN(C)C(=O)c1ccc(F)cc1C(C)Oc1cc(Br)cnc1N. The number of anilines is 1. The number of rotatable bonds is 7. The maximum Gasteiger partial charge on any atom is 0.254 e. The number of hydrogen-bond donors (Lipinski definition) is 2. The number of nitrogens with two attached hydrogens (primary N) is 2. The van der Waals surface area contributed by atoms with Crippen LogP contribution in [-0.2, 0) is 0 Å². The Labute approximate surface area is 188 Å². The third kappa shape index (κ3) is 6.26. The molecule has 8 nitrogen and oxygen atoms in total. The second-order valence-corrected chi connectivity index (χ2v) is 7.55. The molecular weight excluding hydrogens is 467 g/mol. The van der Waals surface area contributed by atoms with Crippen molar-refractivity contribution in [3.63, 3.8) is 0 Å². The van der Waals surface area contributed by atoms with E-state index < -0.39 is 17.8 Å². The van der Waals surface area contributed by atoms with Gasteiger partial charge in [-0.25, -0.2) is 9.37 Å². The van der Waals surface area contributed by atoms with Crippen LogP contribution in [0.3, 0.4) is 0 Å². The Hall–Kier alpha value is -3.45. The summed E-state index contributed by atoms with van der Waals surface area (Å²) in [6, 6.07) is 7.36. The zero-order valence-electron chi connectivity index (χ0n) is 17.3. The van der Waals surface area contributed by atoms with Crippen molar-refractivity contribution in [1.29, 1.82) is 5.26 Å². The van der Waals surface area contributed by atoms with E-state index in [0.717, 1.165) is 0 Å². The molecule has 0 radical (unpaired) electrons. The second-order valence-electron chi connectivity index (χ2n) is 6.63. The summed E-state index contributed by atoms with van der Waals surface area (Å²) >= 11 is 3.30. The number of nitrogens with zero attached hydrogens (tertiary/aromatic N) is 4. The number of benzene rings is 1. The Morgan fingerprint density at radius 2 is 2.19 bits per heavy atom. The van der Waals surface area contributed by atoms with Crippen molar-refractivity contribution >= 4 is 33.4 Å². The minimum absolute atomic E-state index is 0.0497. The first-order chi connectivity index (χ1) is 14.7.